The first-order chi connectivity index (χ1) is 7.77. The summed E-state index contributed by atoms with van der Waals surface area (Å²) in [6.07, 6.45) is 4.59. The van der Waals surface area contributed by atoms with Crippen LogP contribution < -0.4 is 10.6 Å². The lowest BCUT2D eigenvalue weighted by Gasteiger charge is -2.25. The highest BCUT2D eigenvalue weighted by atomic mass is 16.3. The molecule has 1 rings (SSSR count). The normalized spacial score (nSPS) is 23.6. The van der Waals surface area contributed by atoms with E-state index in [4.69, 9.17) is 0 Å². The van der Waals surface area contributed by atoms with Crippen molar-refractivity contribution in [2.75, 3.05) is 26.2 Å². The quantitative estimate of drug-likeness (QED) is 0.617. The van der Waals surface area contributed by atoms with Gasteiger partial charge in [0.05, 0.1) is 6.10 Å². The summed E-state index contributed by atoms with van der Waals surface area (Å²) in [6, 6.07) is 0. The van der Waals surface area contributed by atoms with E-state index >= 15 is 0 Å². The van der Waals surface area contributed by atoms with Gasteiger partial charge in [-0.15, -0.1) is 0 Å². The molecule has 0 aromatic heterocycles. The van der Waals surface area contributed by atoms with E-state index in [1.54, 1.807) is 0 Å². The third kappa shape index (κ3) is 4.81. The fraction of sp³-hybridized carbons (Fsp3) is 1.00. The Morgan fingerprint density at radius 1 is 1.38 bits per heavy atom. The van der Waals surface area contributed by atoms with Gasteiger partial charge in [0.25, 0.3) is 0 Å². The van der Waals surface area contributed by atoms with Crippen molar-refractivity contribution in [3.05, 3.63) is 0 Å². The summed E-state index contributed by atoms with van der Waals surface area (Å²) < 4.78 is 0. The minimum absolute atomic E-state index is 0.174. The van der Waals surface area contributed by atoms with E-state index in [0.717, 1.165) is 38.4 Å². The van der Waals surface area contributed by atoms with Crippen LogP contribution in [0.15, 0.2) is 0 Å². The van der Waals surface area contributed by atoms with Crippen LogP contribution in [0.2, 0.25) is 0 Å². The topological polar surface area (TPSA) is 44.3 Å². The van der Waals surface area contributed by atoms with Crippen LogP contribution in [0.1, 0.15) is 39.5 Å². The van der Waals surface area contributed by atoms with Crippen LogP contribution in [-0.2, 0) is 0 Å². The second kappa shape index (κ2) is 8.04. The zero-order valence-corrected chi connectivity index (χ0v) is 10.8. The number of aliphatic hydroxyl groups is 1. The fourth-order valence-corrected chi connectivity index (χ4v) is 2.53. The second-order valence-electron chi connectivity index (χ2n) is 5.01. The predicted molar refractivity (Wildman–Crippen MR) is 68.5 cm³/mol. The standard InChI is InChI=1S/C13H28N2O/c1-3-12(4-2)13(16)10-15-9-11-6-5-7-14-8-11/h11-16H,3-10H2,1-2H3. The van der Waals surface area contributed by atoms with Crippen molar-refractivity contribution >= 4 is 0 Å². The molecule has 96 valence electrons. The summed E-state index contributed by atoms with van der Waals surface area (Å²) in [5.74, 6) is 1.21. The Labute approximate surface area is 100 Å². The third-order valence-corrected chi connectivity index (χ3v) is 3.78. The number of aliphatic hydroxyl groups excluding tert-OH is 1. The van der Waals surface area contributed by atoms with Gasteiger partial charge in [0.15, 0.2) is 0 Å². The van der Waals surface area contributed by atoms with Crippen molar-refractivity contribution in [1.82, 2.24) is 10.6 Å². The van der Waals surface area contributed by atoms with E-state index in [1.807, 2.05) is 0 Å². The van der Waals surface area contributed by atoms with Gasteiger partial charge in [-0.3, -0.25) is 0 Å². The van der Waals surface area contributed by atoms with Crippen LogP contribution in [0.4, 0.5) is 0 Å². The van der Waals surface area contributed by atoms with E-state index in [1.165, 1.54) is 19.4 Å². The lowest BCUT2D eigenvalue weighted by molar-refractivity contribution is 0.0999. The van der Waals surface area contributed by atoms with Crippen LogP contribution in [0.5, 0.6) is 0 Å². The maximum atomic E-state index is 9.96. The first-order valence-corrected chi connectivity index (χ1v) is 6.87. The first kappa shape index (κ1) is 13.9. The molecular formula is C13H28N2O. The molecule has 0 aliphatic carbocycles. The minimum Gasteiger partial charge on any atom is -0.392 e. The van der Waals surface area contributed by atoms with Gasteiger partial charge in [0.2, 0.25) is 0 Å². The van der Waals surface area contributed by atoms with Crippen molar-refractivity contribution in [2.45, 2.75) is 45.6 Å². The Morgan fingerprint density at radius 3 is 2.69 bits per heavy atom. The first-order valence-electron chi connectivity index (χ1n) is 6.87. The van der Waals surface area contributed by atoms with Gasteiger partial charge >= 0.3 is 0 Å². The van der Waals surface area contributed by atoms with Gasteiger partial charge in [0, 0.05) is 6.54 Å². The minimum atomic E-state index is -0.174. The molecule has 1 heterocycles. The molecule has 0 aromatic carbocycles. The highest BCUT2D eigenvalue weighted by molar-refractivity contribution is 4.73. The van der Waals surface area contributed by atoms with E-state index in [0.29, 0.717) is 5.92 Å². The molecule has 1 aliphatic heterocycles. The summed E-state index contributed by atoms with van der Waals surface area (Å²) in [6.45, 7) is 8.42. The highest BCUT2D eigenvalue weighted by Gasteiger charge is 2.16. The van der Waals surface area contributed by atoms with Crippen molar-refractivity contribution in [2.24, 2.45) is 11.8 Å². The Hall–Kier alpha value is -0.120. The molecule has 1 aliphatic rings. The van der Waals surface area contributed by atoms with Gasteiger partial charge in [0.1, 0.15) is 0 Å². The lowest BCUT2D eigenvalue weighted by Crippen LogP contribution is -2.39. The molecule has 0 bridgehead atoms. The molecular weight excluding hydrogens is 200 g/mol. The van der Waals surface area contributed by atoms with Crippen molar-refractivity contribution in [3.8, 4) is 0 Å². The monoisotopic (exact) mass is 228 g/mol. The molecule has 3 nitrogen and oxygen atoms in total. The zero-order chi connectivity index (χ0) is 11.8. The molecule has 16 heavy (non-hydrogen) atoms. The second-order valence-corrected chi connectivity index (χ2v) is 5.01. The van der Waals surface area contributed by atoms with Gasteiger partial charge in [-0.1, -0.05) is 26.7 Å². The molecule has 2 unspecified atom stereocenters. The molecule has 0 aromatic rings. The zero-order valence-electron chi connectivity index (χ0n) is 10.8. The largest absolute Gasteiger partial charge is 0.392 e. The summed E-state index contributed by atoms with van der Waals surface area (Å²) in [5, 5.41) is 16.8. The van der Waals surface area contributed by atoms with Crippen LogP contribution in [0.3, 0.4) is 0 Å². The van der Waals surface area contributed by atoms with Crippen LogP contribution in [0.25, 0.3) is 0 Å². The molecule has 0 amide bonds. The van der Waals surface area contributed by atoms with Crippen molar-refractivity contribution in [3.63, 3.8) is 0 Å². The molecule has 0 saturated carbocycles. The van der Waals surface area contributed by atoms with E-state index in [2.05, 4.69) is 24.5 Å². The predicted octanol–water partition coefficient (Wildman–Crippen LogP) is 1.37. The third-order valence-electron chi connectivity index (χ3n) is 3.78. The molecule has 1 saturated heterocycles. The maximum absolute atomic E-state index is 9.96. The Kier molecular flexibility index (Phi) is 7.01. The van der Waals surface area contributed by atoms with E-state index in [9.17, 15) is 5.11 Å². The fourth-order valence-electron chi connectivity index (χ4n) is 2.53. The summed E-state index contributed by atoms with van der Waals surface area (Å²) >= 11 is 0. The summed E-state index contributed by atoms with van der Waals surface area (Å²) in [7, 11) is 0. The lowest BCUT2D eigenvalue weighted by atomic mass is 9.96. The number of piperidine rings is 1. The average Bonchev–Trinajstić information content (AvgIpc) is 2.32. The van der Waals surface area contributed by atoms with Crippen LogP contribution >= 0.6 is 0 Å². The molecule has 3 N–H and O–H groups in total. The smallest absolute Gasteiger partial charge is 0.0692 e. The van der Waals surface area contributed by atoms with Gasteiger partial charge in [-0.2, -0.15) is 0 Å². The summed E-state index contributed by atoms with van der Waals surface area (Å²) in [4.78, 5) is 0. The van der Waals surface area contributed by atoms with Crippen molar-refractivity contribution < 1.29 is 5.11 Å². The Morgan fingerprint density at radius 2 is 2.12 bits per heavy atom. The van der Waals surface area contributed by atoms with Crippen LogP contribution in [-0.4, -0.2) is 37.4 Å². The molecule has 2 atom stereocenters. The number of rotatable bonds is 7. The van der Waals surface area contributed by atoms with Gasteiger partial charge < -0.3 is 15.7 Å². The number of hydrogen-bond donors (Lipinski definition) is 3. The van der Waals surface area contributed by atoms with Crippen LogP contribution in [0, 0.1) is 11.8 Å². The van der Waals surface area contributed by atoms with Crippen molar-refractivity contribution in [1.29, 1.82) is 0 Å². The number of hydrogen-bond acceptors (Lipinski definition) is 3. The average molecular weight is 228 g/mol. The molecule has 0 spiro atoms. The molecule has 1 fully saturated rings. The summed E-state index contributed by atoms with van der Waals surface area (Å²) in [5.41, 5.74) is 0. The Bertz CT molecular complexity index is 165. The van der Waals surface area contributed by atoms with Gasteiger partial charge in [-0.25, -0.2) is 0 Å². The van der Waals surface area contributed by atoms with Gasteiger partial charge in [-0.05, 0) is 44.3 Å². The number of nitrogens with one attached hydrogen (secondary N) is 2. The SMILES string of the molecule is CCC(CC)C(O)CNCC1CCCNC1. The maximum Gasteiger partial charge on any atom is 0.0692 e. The van der Waals surface area contributed by atoms with E-state index in [-0.39, 0.29) is 6.10 Å². The molecule has 0 radical (unpaired) electrons. The van der Waals surface area contributed by atoms with E-state index < -0.39 is 0 Å². The molecule has 3 heteroatoms. The Balaban J connectivity index is 2.09. The highest BCUT2D eigenvalue weighted by Crippen LogP contribution is 2.13.